The van der Waals surface area contributed by atoms with Crippen molar-refractivity contribution in [2.75, 3.05) is 13.2 Å². The first kappa shape index (κ1) is 66.2. The summed E-state index contributed by atoms with van der Waals surface area (Å²) in [6.07, 6.45) is 0.874. The summed E-state index contributed by atoms with van der Waals surface area (Å²) < 4.78 is 117. The first-order valence-corrected chi connectivity index (χ1v) is 52.8. The van der Waals surface area contributed by atoms with Crippen molar-refractivity contribution in [3.63, 3.8) is 0 Å². The normalized spacial score (nSPS) is 28.3. The molecule has 4 fully saturated rings. The van der Waals surface area contributed by atoms with E-state index in [4.69, 9.17) is 57.6 Å². The molecule has 8 unspecified atom stereocenters. The van der Waals surface area contributed by atoms with Crippen molar-refractivity contribution in [1.82, 2.24) is 0 Å². The number of benzene rings is 8. The Morgan fingerprint density at radius 1 is 0.326 bits per heavy atom. The second-order valence-electron chi connectivity index (χ2n) is 22.8. The SMILES string of the molecule is C[Si]O[Si]1(c2ccccc2)O[Si]2(Cc3ccccc3)O[Si](O[Si](C)(C)CCCO)(c3ccccc3)O[Si](c3ccccc3)(O1)O[Si]1(c3ccccc3)O[Si](O[Si]C)(c3ccccc3)O[Si](c3ccccc3)(O2)O[Si](O[Si](C)(C)CCCO)(c2ccccc2)O1. The van der Waals surface area contributed by atoms with Crippen LogP contribution in [-0.4, -0.2) is 130 Å². The van der Waals surface area contributed by atoms with E-state index < -0.39 is 87.1 Å². The monoisotopic (exact) mass is 1400 g/mol. The average Bonchev–Trinajstić information content (AvgIpc) is 0.707. The molecule has 4 saturated heterocycles. The van der Waals surface area contributed by atoms with E-state index in [9.17, 15) is 10.2 Å². The van der Waals surface area contributed by atoms with Gasteiger partial charge in [0, 0.05) is 55.6 Å². The second kappa shape index (κ2) is 28.1. The van der Waals surface area contributed by atoms with Crippen LogP contribution in [0.3, 0.4) is 0 Å². The van der Waals surface area contributed by atoms with E-state index in [0.29, 0.717) is 61.2 Å². The first-order valence-electron chi connectivity index (χ1n) is 29.8. The van der Waals surface area contributed by atoms with Crippen LogP contribution in [0.15, 0.2) is 243 Å². The summed E-state index contributed by atoms with van der Waals surface area (Å²) >= 11 is 0. The number of hydrogen-bond acceptors (Lipinski definition) is 16. The fourth-order valence-electron chi connectivity index (χ4n) is 11.1. The van der Waals surface area contributed by atoms with E-state index in [2.05, 4.69) is 26.2 Å². The fraction of sp³-hybridized carbons (Fsp3) is 0.213. The molecular weight excluding hydrogens is 1330 g/mol. The summed E-state index contributed by atoms with van der Waals surface area (Å²) in [4.78, 5) is 0. The molecule has 0 aromatic heterocycles. The number of aliphatic hydroxyl groups is 2. The van der Waals surface area contributed by atoms with E-state index >= 15 is 0 Å². The van der Waals surface area contributed by atoms with Gasteiger partial charge in [0.1, 0.15) is 0 Å². The van der Waals surface area contributed by atoms with Gasteiger partial charge in [-0.1, -0.05) is 243 Å². The molecule has 8 aromatic rings. The van der Waals surface area contributed by atoms with Gasteiger partial charge in [0.05, 0.1) is 0 Å². The molecule has 12 rings (SSSR count). The van der Waals surface area contributed by atoms with Gasteiger partial charge in [0.2, 0.25) is 19.5 Å². The molecule has 4 bridgehead atoms. The van der Waals surface area contributed by atoms with Crippen LogP contribution in [0.1, 0.15) is 18.4 Å². The molecule has 0 amide bonds. The summed E-state index contributed by atoms with van der Waals surface area (Å²) in [5.41, 5.74) is 0.765. The van der Waals surface area contributed by atoms with Crippen LogP contribution in [0.25, 0.3) is 0 Å². The second-order valence-corrected chi connectivity index (χ2v) is 56.6. The highest BCUT2D eigenvalue weighted by Crippen LogP contribution is 2.45. The zero-order valence-corrected chi connectivity index (χ0v) is 62.7. The standard InChI is InChI=1S/C61H74O16Si12/c1-78-64-83(55-35-17-8-18-36-55)68-82(53-54-33-15-7-16-34-54)69-85(57-39-21-10-22-40-57,66-80(3,4)51-31-49-62)74-88(71-83,60-45-27-13-28-46-60)77-89(61-47-29-14-30-48-61)73-84(65-79-2,56-37-19-9-20-38-56)72-87(70-82,59-43-25-12-26-44-59)75-86(76-89,58-41-23-11-24-42-58)67-81(5,6)52-32-50-63/h7-30,33-48,62-63H,31-32,49-53H2,1-6H3. The van der Waals surface area contributed by atoms with Crippen LogP contribution in [0.4, 0.5) is 0 Å². The Balaban J connectivity index is 1.41. The molecule has 0 aliphatic carbocycles. The van der Waals surface area contributed by atoms with Crippen molar-refractivity contribution in [3.8, 4) is 0 Å². The lowest BCUT2D eigenvalue weighted by molar-refractivity contribution is 0.0446. The predicted molar refractivity (Wildman–Crippen MR) is 365 cm³/mol. The smallest absolute Gasteiger partial charge is 0.413 e. The summed E-state index contributed by atoms with van der Waals surface area (Å²) in [7, 11) is -47.3. The first-order chi connectivity index (χ1) is 43.0. The molecule has 28 heteroatoms. The van der Waals surface area contributed by atoms with E-state index in [0.717, 1.165) is 5.56 Å². The van der Waals surface area contributed by atoms with Crippen molar-refractivity contribution in [1.29, 1.82) is 0 Å². The molecule has 0 saturated carbocycles. The lowest BCUT2D eigenvalue weighted by Crippen LogP contribution is -2.90. The quantitative estimate of drug-likeness (QED) is 0.0673. The molecule has 89 heavy (non-hydrogen) atoms. The molecule has 4 aliphatic rings. The van der Waals surface area contributed by atoms with Gasteiger partial charge in [-0.05, 0) is 69.8 Å². The summed E-state index contributed by atoms with van der Waals surface area (Å²) in [6, 6.07) is 78.3. The Kier molecular flexibility index (Phi) is 20.9. The van der Waals surface area contributed by atoms with Crippen LogP contribution in [0.2, 0.25) is 51.4 Å². The third kappa shape index (κ3) is 14.4. The van der Waals surface area contributed by atoms with Gasteiger partial charge in [-0.3, -0.25) is 0 Å². The molecule has 4 radical (unpaired) electrons. The Hall–Kier alpha value is -4.28. The van der Waals surface area contributed by atoms with Crippen molar-refractivity contribution >= 4 is 143 Å². The van der Waals surface area contributed by atoms with Gasteiger partial charge in [-0.2, -0.15) is 0 Å². The fourth-order valence-corrected chi connectivity index (χ4v) is 65.5. The molecule has 16 nitrogen and oxygen atoms in total. The van der Waals surface area contributed by atoms with Crippen LogP contribution in [0.5, 0.6) is 0 Å². The summed E-state index contributed by atoms with van der Waals surface area (Å²) in [5.74, 6) is 0. The Labute approximate surface area is 538 Å². The maximum atomic E-state index is 10.6. The number of fused-ring (bicyclic) bond motifs is 4. The van der Waals surface area contributed by atoms with E-state index in [1.807, 2.05) is 256 Å². The summed E-state index contributed by atoms with van der Waals surface area (Å²) in [5, 5.41) is 24.8. The van der Waals surface area contributed by atoms with Gasteiger partial charge in [-0.25, -0.2) is 0 Å². The molecule has 0 spiro atoms. The maximum absolute atomic E-state index is 10.6. The Morgan fingerprint density at radius 3 is 0.910 bits per heavy atom. The van der Waals surface area contributed by atoms with Crippen LogP contribution in [-0.2, 0) is 63.7 Å². The van der Waals surface area contributed by atoms with Gasteiger partial charge < -0.3 is 67.8 Å². The maximum Gasteiger partial charge on any atom is 0.515 e. The Bertz CT molecular complexity index is 3540. The molecule has 8 aromatic carbocycles. The minimum atomic E-state index is -5.29. The lowest BCUT2D eigenvalue weighted by atomic mass is 10.2. The highest BCUT2D eigenvalue weighted by molar-refractivity contribution is 7.09. The van der Waals surface area contributed by atoms with Gasteiger partial charge in [0.15, 0.2) is 16.6 Å². The van der Waals surface area contributed by atoms with Crippen molar-refractivity contribution in [2.45, 2.75) is 70.3 Å². The van der Waals surface area contributed by atoms with Crippen LogP contribution < -0.4 is 36.3 Å². The van der Waals surface area contributed by atoms with Crippen LogP contribution in [0, 0.1) is 0 Å². The minimum Gasteiger partial charge on any atom is -0.413 e. The highest BCUT2D eigenvalue weighted by atomic mass is 28.6. The van der Waals surface area contributed by atoms with Gasteiger partial charge >= 0.3 is 70.4 Å². The highest BCUT2D eigenvalue weighted by Gasteiger charge is 2.80. The van der Waals surface area contributed by atoms with Gasteiger partial charge in [-0.15, -0.1) is 0 Å². The van der Waals surface area contributed by atoms with E-state index in [1.165, 1.54) is 0 Å². The summed E-state index contributed by atoms with van der Waals surface area (Å²) in [6.45, 7) is 12.1. The Morgan fingerprint density at radius 2 is 0.584 bits per heavy atom. The lowest BCUT2D eigenvalue weighted by Gasteiger charge is -2.57. The van der Waals surface area contributed by atoms with Crippen molar-refractivity contribution < 1.29 is 67.8 Å². The van der Waals surface area contributed by atoms with E-state index in [1.54, 1.807) is 0 Å². The topological polar surface area (TPSA) is 170 Å². The third-order valence-corrected chi connectivity index (χ3v) is 58.7. The molecular formula is C61H74O16Si12. The molecule has 4 aliphatic heterocycles. The molecule has 8 atom stereocenters. The van der Waals surface area contributed by atoms with Crippen molar-refractivity contribution in [2.24, 2.45) is 0 Å². The predicted octanol–water partition coefficient (Wildman–Crippen LogP) is 6.41. The number of hydrogen-bond donors (Lipinski definition) is 2. The number of aliphatic hydroxyl groups excluding tert-OH is 2. The van der Waals surface area contributed by atoms with E-state index in [-0.39, 0.29) is 38.8 Å². The third-order valence-electron chi connectivity index (χ3n) is 15.1. The minimum absolute atomic E-state index is 0.0604. The van der Waals surface area contributed by atoms with Gasteiger partial charge in [0.25, 0.3) is 0 Å². The molecule has 462 valence electrons. The average molecular weight is 1400 g/mol. The molecule has 4 heterocycles. The zero-order valence-electron chi connectivity index (χ0n) is 50.7. The largest absolute Gasteiger partial charge is 0.515 e. The van der Waals surface area contributed by atoms with Crippen LogP contribution >= 0.6 is 0 Å². The zero-order chi connectivity index (χ0) is 62.2. The number of rotatable bonds is 23. The van der Waals surface area contributed by atoms with Crippen molar-refractivity contribution in [3.05, 3.63) is 248 Å². The molecule has 2 N–H and O–H groups in total.